The number of halogens is 6. The molecule has 1 fully saturated rings. The fourth-order valence-corrected chi connectivity index (χ4v) is 4.42. The summed E-state index contributed by atoms with van der Waals surface area (Å²) in [6, 6.07) is 5.28. The van der Waals surface area contributed by atoms with E-state index in [4.69, 9.17) is 15.2 Å². The normalized spacial score (nSPS) is 14.7. The Labute approximate surface area is 215 Å². The number of pyridine rings is 2. The monoisotopic (exact) mass is 556 g/mol. The van der Waals surface area contributed by atoms with Gasteiger partial charge in [0.05, 0.1) is 29.1 Å². The third kappa shape index (κ3) is 5.11. The highest BCUT2D eigenvalue weighted by molar-refractivity contribution is 5.93. The number of aromatic nitrogens is 3. The van der Waals surface area contributed by atoms with Gasteiger partial charge >= 0.3 is 12.1 Å². The van der Waals surface area contributed by atoms with Crippen LogP contribution in [0, 0.1) is 24.1 Å². The Bertz CT molecular complexity index is 1490. The lowest BCUT2D eigenvalue weighted by Crippen LogP contribution is -2.64. The molecule has 0 saturated carbocycles. The second-order valence-electron chi connectivity index (χ2n) is 8.69. The van der Waals surface area contributed by atoms with Crippen LogP contribution in [0.2, 0.25) is 0 Å². The number of hydrogen-bond donors (Lipinski definition) is 1. The molecule has 39 heavy (non-hydrogen) atoms. The summed E-state index contributed by atoms with van der Waals surface area (Å²) in [5.74, 6) is -5.09. The molecule has 0 aromatic carbocycles. The fourth-order valence-electron chi connectivity index (χ4n) is 4.42. The maximum atomic E-state index is 13.8. The van der Waals surface area contributed by atoms with Gasteiger partial charge in [0.15, 0.2) is 5.75 Å². The number of nitrogens with zero attached hydrogens (tertiary/aromatic N) is 5. The molecule has 1 aliphatic rings. The molecule has 16 heteroatoms. The fraction of sp³-hybridized carbons (Fsp3) is 0.348. The number of carbonyl (C=O) groups is 2. The molecule has 0 radical (unpaired) electrons. The molecule has 3 aromatic heterocycles. The number of fused-ring (bicyclic) bond motifs is 1. The van der Waals surface area contributed by atoms with Crippen molar-refractivity contribution in [3.63, 3.8) is 0 Å². The van der Waals surface area contributed by atoms with Crippen LogP contribution in [0.5, 0.6) is 17.4 Å². The molecule has 1 aliphatic heterocycles. The van der Waals surface area contributed by atoms with Gasteiger partial charge in [-0.05, 0) is 19.1 Å². The molecule has 3 aromatic rings. The first-order valence-corrected chi connectivity index (χ1v) is 11.1. The molecule has 10 nitrogen and oxygen atoms in total. The van der Waals surface area contributed by atoms with Gasteiger partial charge in [0.1, 0.15) is 29.5 Å². The lowest BCUT2D eigenvalue weighted by atomic mass is 9.73. The molecule has 2 amide bonds. The number of rotatable bonds is 8. The third-order valence-electron chi connectivity index (χ3n) is 6.00. The minimum absolute atomic E-state index is 0.0243. The van der Waals surface area contributed by atoms with Crippen molar-refractivity contribution in [2.75, 3.05) is 19.7 Å². The summed E-state index contributed by atoms with van der Waals surface area (Å²) in [7, 11) is 0. The summed E-state index contributed by atoms with van der Waals surface area (Å²) in [5, 5.41) is 9.56. The van der Waals surface area contributed by atoms with E-state index in [1.807, 2.05) is 6.07 Å². The maximum Gasteiger partial charge on any atom is 0.471 e. The van der Waals surface area contributed by atoms with Crippen molar-refractivity contribution in [1.29, 1.82) is 5.26 Å². The smallest absolute Gasteiger partial charge is 0.471 e. The van der Waals surface area contributed by atoms with Crippen LogP contribution in [0.3, 0.4) is 0 Å². The zero-order valence-electron chi connectivity index (χ0n) is 19.9. The van der Waals surface area contributed by atoms with E-state index in [9.17, 15) is 41.2 Å². The van der Waals surface area contributed by atoms with E-state index in [1.54, 1.807) is 0 Å². The predicted octanol–water partition coefficient (Wildman–Crippen LogP) is 3.27. The van der Waals surface area contributed by atoms with Crippen molar-refractivity contribution < 1.29 is 45.4 Å². The van der Waals surface area contributed by atoms with Gasteiger partial charge in [-0.15, -0.1) is 0 Å². The Hall–Kier alpha value is -4.55. The minimum atomic E-state index is -5.16. The van der Waals surface area contributed by atoms with Gasteiger partial charge in [0.2, 0.25) is 0 Å². The molecular weight excluding hydrogens is 538 g/mol. The SMILES string of the molecule is Cc1c(C(N)=O)nc2ccc(Oc3ncc(F)cc3OCC(F)F)c(C3(CC#N)CN(C(=O)C(F)(F)F)C3)n12. The molecule has 0 bridgehead atoms. The number of nitrogens with two attached hydrogens (primary N) is 1. The largest absolute Gasteiger partial charge is 0.482 e. The summed E-state index contributed by atoms with van der Waals surface area (Å²) >= 11 is 0. The van der Waals surface area contributed by atoms with Gasteiger partial charge in [-0.3, -0.25) is 14.0 Å². The Morgan fingerprint density at radius 2 is 1.95 bits per heavy atom. The summed E-state index contributed by atoms with van der Waals surface area (Å²) in [4.78, 5) is 32.2. The third-order valence-corrected chi connectivity index (χ3v) is 6.00. The number of imidazole rings is 1. The summed E-state index contributed by atoms with van der Waals surface area (Å²) < 4.78 is 90.6. The highest BCUT2D eigenvalue weighted by atomic mass is 19.4. The Kier molecular flexibility index (Phi) is 7.02. The van der Waals surface area contributed by atoms with Crippen LogP contribution in [-0.4, -0.2) is 63.4 Å². The van der Waals surface area contributed by atoms with Crippen molar-refractivity contribution in [2.24, 2.45) is 5.73 Å². The van der Waals surface area contributed by atoms with Crippen LogP contribution in [-0.2, 0) is 10.2 Å². The molecule has 4 heterocycles. The van der Waals surface area contributed by atoms with Crippen LogP contribution in [0.15, 0.2) is 24.4 Å². The molecule has 4 rings (SSSR count). The van der Waals surface area contributed by atoms with Crippen molar-refractivity contribution in [3.05, 3.63) is 47.3 Å². The van der Waals surface area contributed by atoms with Gasteiger partial charge in [0.25, 0.3) is 18.2 Å². The summed E-state index contributed by atoms with van der Waals surface area (Å²) in [6.07, 6.45) is -7.77. The second-order valence-corrected chi connectivity index (χ2v) is 8.69. The maximum absolute atomic E-state index is 13.8. The average molecular weight is 556 g/mol. The van der Waals surface area contributed by atoms with Crippen LogP contribution < -0.4 is 15.2 Å². The Morgan fingerprint density at radius 3 is 2.54 bits per heavy atom. The Morgan fingerprint density at radius 1 is 1.26 bits per heavy atom. The molecule has 206 valence electrons. The van der Waals surface area contributed by atoms with Gasteiger partial charge in [-0.25, -0.2) is 23.1 Å². The van der Waals surface area contributed by atoms with E-state index in [0.29, 0.717) is 11.1 Å². The number of aryl methyl sites for hydroxylation is 1. The summed E-state index contributed by atoms with van der Waals surface area (Å²) in [5.41, 5.74) is 4.05. The van der Waals surface area contributed by atoms with E-state index >= 15 is 0 Å². The standard InChI is InChI=1S/C23H18F6N6O4/c1-11-17(19(31)36)33-16-3-2-13(39-20-14(38-8-15(25)26)6-12(24)7-32-20)18(35(11)16)22(4-5-30)9-34(10-22)21(37)23(27,28)29/h2-3,6-7,15H,4,8-10H2,1H3,(H2,31,36). The Balaban J connectivity index is 1.89. The molecule has 0 atom stereocenters. The van der Waals surface area contributed by atoms with Gasteiger partial charge in [0, 0.05) is 25.6 Å². The predicted molar refractivity (Wildman–Crippen MR) is 119 cm³/mol. The van der Waals surface area contributed by atoms with E-state index < -0.39 is 73.4 Å². The lowest BCUT2D eigenvalue weighted by molar-refractivity contribution is -0.193. The van der Waals surface area contributed by atoms with Crippen LogP contribution in [0.25, 0.3) is 5.65 Å². The number of nitriles is 1. The first-order chi connectivity index (χ1) is 18.3. The number of carbonyl (C=O) groups excluding carboxylic acids is 2. The van der Waals surface area contributed by atoms with E-state index in [2.05, 4.69) is 9.97 Å². The summed E-state index contributed by atoms with van der Waals surface area (Å²) in [6.45, 7) is -0.812. The number of alkyl halides is 5. The van der Waals surface area contributed by atoms with E-state index in [-0.39, 0.29) is 28.5 Å². The zero-order valence-corrected chi connectivity index (χ0v) is 19.9. The number of hydrogen-bond acceptors (Lipinski definition) is 7. The van der Waals surface area contributed by atoms with Crippen LogP contribution in [0.4, 0.5) is 26.3 Å². The van der Waals surface area contributed by atoms with Crippen LogP contribution >= 0.6 is 0 Å². The number of likely N-dealkylation sites (tertiary alicyclic amines) is 1. The molecule has 2 N–H and O–H groups in total. The molecule has 0 spiro atoms. The van der Waals surface area contributed by atoms with Gasteiger partial charge in [-0.2, -0.15) is 18.4 Å². The molecular formula is C23H18F6N6O4. The van der Waals surface area contributed by atoms with Crippen molar-refractivity contribution in [1.82, 2.24) is 19.3 Å². The highest BCUT2D eigenvalue weighted by Gasteiger charge is 2.55. The number of primary amides is 1. The van der Waals surface area contributed by atoms with Crippen molar-refractivity contribution in [3.8, 4) is 23.4 Å². The highest BCUT2D eigenvalue weighted by Crippen LogP contribution is 2.46. The first kappa shape index (κ1) is 27.5. The molecule has 0 unspecified atom stereocenters. The van der Waals surface area contributed by atoms with Gasteiger partial charge < -0.3 is 20.1 Å². The lowest BCUT2D eigenvalue weighted by Gasteiger charge is -2.49. The van der Waals surface area contributed by atoms with E-state index in [1.165, 1.54) is 23.5 Å². The minimum Gasteiger partial charge on any atom is -0.482 e. The van der Waals surface area contributed by atoms with Crippen molar-refractivity contribution >= 4 is 17.5 Å². The number of ether oxygens (including phenoxy) is 2. The zero-order chi connectivity index (χ0) is 28.7. The van der Waals surface area contributed by atoms with Gasteiger partial charge in [-0.1, -0.05) is 0 Å². The second kappa shape index (κ2) is 9.97. The topological polar surface area (TPSA) is 136 Å². The average Bonchev–Trinajstić information content (AvgIpc) is 3.17. The van der Waals surface area contributed by atoms with E-state index in [0.717, 1.165) is 6.07 Å². The molecule has 1 saturated heterocycles. The number of amides is 2. The van der Waals surface area contributed by atoms with Crippen LogP contribution in [0.1, 0.15) is 28.3 Å². The molecule has 0 aliphatic carbocycles. The van der Waals surface area contributed by atoms with Crippen molar-refractivity contribution in [2.45, 2.75) is 31.4 Å². The first-order valence-electron chi connectivity index (χ1n) is 11.1. The quantitative estimate of drug-likeness (QED) is 0.421.